The Morgan fingerprint density at radius 3 is 2.22 bits per heavy atom. The Hall–Kier alpha value is 0.290. The fraction of sp³-hybridized carbons (Fsp3) is 0.750. The predicted octanol–water partition coefficient (Wildman–Crippen LogP) is 2.61. The summed E-state index contributed by atoms with van der Waals surface area (Å²) in [7, 11) is 0. The Morgan fingerprint density at radius 2 is 2.11 bits per heavy atom. The summed E-state index contributed by atoms with van der Waals surface area (Å²) in [5.74, 6) is 0. The van der Waals surface area contributed by atoms with E-state index in [1.165, 1.54) is 0 Å². The quantitative estimate of drug-likeness (QED) is 0.614. The van der Waals surface area contributed by atoms with Gasteiger partial charge in [-0.2, -0.15) is 5.26 Å². The molecule has 1 unspecified atom stereocenters. The molecule has 0 aliphatic rings. The summed E-state index contributed by atoms with van der Waals surface area (Å²) in [6, 6.07) is 1.63. The summed E-state index contributed by atoms with van der Waals surface area (Å²) >= 11 is 15.0. The zero-order valence-corrected chi connectivity index (χ0v) is 6.51. The molecule has 1 nitrogen and oxygen atoms in total. The van der Waals surface area contributed by atoms with Gasteiger partial charge in [-0.1, -0.05) is 23.2 Å². The lowest BCUT2D eigenvalue weighted by molar-refractivity contribution is 0.379. The predicted molar refractivity (Wildman–Crippen MR) is 35.4 cm³/mol. The molecule has 0 amide bonds. The van der Waals surface area contributed by atoms with E-state index in [1.807, 2.05) is 0 Å². The number of alkyl halides is 4. The van der Waals surface area contributed by atoms with Gasteiger partial charge in [0.2, 0.25) is 0 Å². The van der Waals surface area contributed by atoms with Gasteiger partial charge in [0, 0.05) is 0 Å². The molecule has 0 spiro atoms. The van der Waals surface area contributed by atoms with Crippen LogP contribution in [0.2, 0.25) is 0 Å². The smallest absolute Gasteiger partial charge is 0.206 e. The Kier molecular flexibility index (Phi) is 3.57. The molecule has 0 N–H and O–H groups in total. The summed E-state index contributed by atoms with van der Waals surface area (Å²) in [6.07, 6.45) is -0.203. The molecule has 9 heavy (non-hydrogen) atoms. The molecular formula is C4H3Cl3FN. The average Bonchev–Trinajstić information content (AvgIpc) is 1.64. The van der Waals surface area contributed by atoms with E-state index < -0.39 is 9.96 Å². The highest BCUT2D eigenvalue weighted by Gasteiger charge is 2.32. The van der Waals surface area contributed by atoms with Gasteiger partial charge in [-0.25, -0.2) is 4.39 Å². The van der Waals surface area contributed by atoms with Gasteiger partial charge in [-0.3, -0.25) is 0 Å². The van der Waals surface area contributed by atoms with Gasteiger partial charge in [0.15, 0.2) is 0 Å². The van der Waals surface area contributed by atoms with E-state index in [2.05, 4.69) is 0 Å². The second kappa shape index (κ2) is 3.46. The third-order valence-corrected chi connectivity index (χ3v) is 1.83. The molecule has 0 aliphatic heterocycles. The Balaban J connectivity index is 3.76. The molecule has 0 aromatic rings. The monoisotopic (exact) mass is 189 g/mol. The van der Waals surface area contributed by atoms with Crippen LogP contribution in [-0.4, -0.2) is 9.96 Å². The van der Waals surface area contributed by atoms with E-state index in [0.29, 0.717) is 0 Å². The van der Waals surface area contributed by atoms with Gasteiger partial charge in [0.25, 0.3) is 4.59 Å². The lowest BCUT2D eigenvalue weighted by Crippen LogP contribution is -2.19. The Morgan fingerprint density at radius 1 is 1.67 bits per heavy atom. The second-order valence-corrected chi connectivity index (χ2v) is 3.19. The van der Waals surface area contributed by atoms with Crippen molar-refractivity contribution >= 4 is 34.8 Å². The van der Waals surface area contributed by atoms with Crippen molar-refractivity contribution < 1.29 is 4.39 Å². The largest absolute Gasteiger partial charge is 0.274 e. The fourth-order valence-electron chi connectivity index (χ4n) is 0.196. The third-order valence-electron chi connectivity index (χ3n) is 0.626. The minimum absolute atomic E-state index is 0.203. The van der Waals surface area contributed by atoms with Crippen LogP contribution in [0.25, 0.3) is 0 Å². The zero-order chi connectivity index (χ0) is 7.49. The minimum Gasteiger partial charge on any atom is -0.206 e. The van der Waals surface area contributed by atoms with Crippen molar-refractivity contribution in [2.45, 2.75) is 16.4 Å². The molecule has 0 saturated heterocycles. The number of rotatable bonds is 2. The van der Waals surface area contributed by atoms with E-state index >= 15 is 0 Å². The molecule has 1 atom stereocenters. The van der Waals surface area contributed by atoms with Crippen LogP contribution in [0.3, 0.4) is 0 Å². The summed E-state index contributed by atoms with van der Waals surface area (Å²) < 4.78 is 9.71. The lowest BCUT2D eigenvalue weighted by Gasteiger charge is -2.11. The molecule has 5 heteroatoms. The van der Waals surface area contributed by atoms with E-state index in [9.17, 15) is 4.39 Å². The van der Waals surface area contributed by atoms with Crippen LogP contribution in [0, 0.1) is 11.3 Å². The van der Waals surface area contributed by atoms with E-state index in [0.717, 1.165) is 0 Å². The van der Waals surface area contributed by atoms with Crippen molar-refractivity contribution in [2.75, 3.05) is 0 Å². The summed E-state index contributed by atoms with van der Waals surface area (Å²) in [5, 5.41) is 6.82. The van der Waals surface area contributed by atoms with Gasteiger partial charge in [-0.15, -0.1) is 11.6 Å². The number of nitrogens with zero attached hydrogens (tertiary/aromatic N) is 1. The van der Waals surface area contributed by atoms with Gasteiger partial charge >= 0.3 is 0 Å². The molecule has 0 aromatic heterocycles. The number of hydrogen-bond donors (Lipinski definition) is 0. The topological polar surface area (TPSA) is 23.8 Å². The van der Waals surface area contributed by atoms with Crippen molar-refractivity contribution in [3.05, 3.63) is 0 Å². The molecule has 0 aromatic carbocycles. The van der Waals surface area contributed by atoms with E-state index in [1.54, 1.807) is 6.07 Å². The molecule has 52 valence electrons. The first kappa shape index (κ1) is 9.29. The summed E-state index contributed by atoms with van der Waals surface area (Å²) in [4.78, 5) is 0. The molecule has 0 radical (unpaired) electrons. The maximum absolute atomic E-state index is 12.2. The van der Waals surface area contributed by atoms with Gasteiger partial charge in [-0.05, 0) is 0 Å². The average molecular weight is 190 g/mol. The Labute approximate surface area is 67.3 Å². The minimum atomic E-state index is -2.50. The Bertz CT molecular complexity index is 125. The van der Waals surface area contributed by atoms with Gasteiger partial charge in [0.05, 0.1) is 12.5 Å². The highest BCUT2D eigenvalue weighted by molar-refractivity contribution is 6.51. The van der Waals surface area contributed by atoms with Crippen LogP contribution < -0.4 is 0 Å². The third kappa shape index (κ3) is 3.80. The van der Waals surface area contributed by atoms with E-state index in [-0.39, 0.29) is 6.42 Å². The maximum atomic E-state index is 12.2. The van der Waals surface area contributed by atoms with Crippen molar-refractivity contribution in [3.8, 4) is 6.07 Å². The van der Waals surface area contributed by atoms with Crippen molar-refractivity contribution in [3.63, 3.8) is 0 Å². The van der Waals surface area contributed by atoms with Crippen LogP contribution in [0.5, 0.6) is 0 Å². The molecule has 0 bridgehead atoms. The van der Waals surface area contributed by atoms with Crippen LogP contribution in [-0.2, 0) is 0 Å². The number of hydrogen-bond acceptors (Lipinski definition) is 1. The molecular weight excluding hydrogens is 187 g/mol. The summed E-state index contributed by atoms with van der Waals surface area (Å²) in [5.41, 5.74) is 0. The molecule has 0 rings (SSSR count). The highest BCUT2D eigenvalue weighted by atomic mass is 35.5. The van der Waals surface area contributed by atoms with Crippen LogP contribution in [0.1, 0.15) is 6.42 Å². The second-order valence-electron chi connectivity index (χ2n) is 1.37. The van der Waals surface area contributed by atoms with Crippen LogP contribution >= 0.6 is 34.8 Å². The summed E-state index contributed by atoms with van der Waals surface area (Å²) in [6.45, 7) is 0. The van der Waals surface area contributed by atoms with Crippen molar-refractivity contribution in [1.82, 2.24) is 0 Å². The van der Waals surface area contributed by atoms with Crippen molar-refractivity contribution in [2.24, 2.45) is 0 Å². The fourth-order valence-corrected chi connectivity index (χ4v) is 0.419. The molecule has 0 heterocycles. The van der Waals surface area contributed by atoms with Gasteiger partial charge in [0.1, 0.15) is 5.38 Å². The lowest BCUT2D eigenvalue weighted by atomic mass is 10.3. The zero-order valence-electron chi connectivity index (χ0n) is 4.24. The first-order chi connectivity index (χ1) is 3.98. The normalized spacial score (nSPS) is 14.6. The van der Waals surface area contributed by atoms with E-state index in [4.69, 9.17) is 40.1 Å². The highest BCUT2D eigenvalue weighted by Crippen LogP contribution is 2.32. The number of nitriles is 1. The number of halogens is 4. The molecule has 0 saturated carbocycles. The standard InChI is InChI=1S/C4H3Cl3FN/c5-3(1-2-9)4(6,7)8/h3H,1H2. The molecule has 0 fully saturated rings. The maximum Gasteiger partial charge on any atom is 0.274 e. The van der Waals surface area contributed by atoms with Crippen molar-refractivity contribution in [1.29, 1.82) is 5.26 Å². The molecule has 0 aliphatic carbocycles. The first-order valence-corrected chi connectivity index (χ1v) is 3.25. The SMILES string of the molecule is N#CCC(Cl)C(F)(Cl)Cl. The van der Waals surface area contributed by atoms with Crippen LogP contribution in [0.15, 0.2) is 0 Å². The van der Waals surface area contributed by atoms with Gasteiger partial charge < -0.3 is 0 Å². The first-order valence-electron chi connectivity index (χ1n) is 2.06. The van der Waals surface area contributed by atoms with Crippen LogP contribution in [0.4, 0.5) is 4.39 Å².